The Hall–Kier alpha value is -1.71. The van der Waals surface area contributed by atoms with Crippen molar-refractivity contribution in [1.82, 2.24) is 9.97 Å². The topological polar surface area (TPSA) is 57.9 Å². The first-order valence-corrected chi connectivity index (χ1v) is 5.63. The molecule has 2 rings (SSSR count). The van der Waals surface area contributed by atoms with Crippen LogP contribution in [0.15, 0.2) is 18.2 Å². The maximum atomic E-state index is 5.74. The third kappa shape index (κ3) is 1.83. The van der Waals surface area contributed by atoms with Gasteiger partial charge in [-0.15, -0.1) is 0 Å². The van der Waals surface area contributed by atoms with E-state index in [9.17, 15) is 0 Å². The smallest absolute Gasteiger partial charge is 0.204 e. The second-order valence-corrected chi connectivity index (χ2v) is 4.22. The highest BCUT2D eigenvalue weighted by Crippen LogP contribution is 2.20. The second-order valence-electron chi connectivity index (χ2n) is 4.22. The number of benzene rings is 1. The van der Waals surface area contributed by atoms with Crippen molar-refractivity contribution < 1.29 is 0 Å². The van der Waals surface area contributed by atoms with Gasteiger partial charge in [-0.1, -0.05) is 0 Å². The van der Waals surface area contributed by atoms with Gasteiger partial charge < -0.3 is 15.6 Å². The van der Waals surface area contributed by atoms with Crippen LogP contribution in [0.2, 0.25) is 0 Å². The van der Waals surface area contributed by atoms with E-state index in [0.29, 0.717) is 6.04 Å². The second kappa shape index (κ2) is 4.04. The van der Waals surface area contributed by atoms with E-state index < -0.39 is 0 Å². The maximum absolute atomic E-state index is 5.74. The number of H-pyrrole nitrogens is 1. The minimum atomic E-state index is 0.433. The summed E-state index contributed by atoms with van der Waals surface area (Å²) >= 11 is 0. The lowest BCUT2D eigenvalue weighted by Crippen LogP contribution is -2.31. The molecule has 1 aromatic carbocycles. The minimum Gasteiger partial charge on any atom is -0.399 e. The fourth-order valence-corrected chi connectivity index (χ4v) is 1.91. The van der Waals surface area contributed by atoms with Crippen LogP contribution in [0.1, 0.15) is 20.8 Å². The van der Waals surface area contributed by atoms with Crippen molar-refractivity contribution in [2.75, 3.05) is 17.2 Å². The lowest BCUT2D eigenvalue weighted by atomic mass is 10.3. The highest BCUT2D eigenvalue weighted by atomic mass is 15.3. The predicted molar refractivity (Wildman–Crippen MR) is 68.7 cm³/mol. The van der Waals surface area contributed by atoms with Gasteiger partial charge in [0.1, 0.15) is 0 Å². The van der Waals surface area contributed by atoms with Crippen LogP contribution in [0.3, 0.4) is 0 Å². The van der Waals surface area contributed by atoms with Gasteiger partial charge in [0.25, 0.3) is 0 Å². The molecule has 0 aliphatic heterocycles. The Bertz CT molecular complexity index is 487. The number of aromatic nitrogens is 2. The average molecular weight is 218 g/mol. The zero-order valence-electron chi connectivity index (χ0n) is 9.99. The van der Waals surface area contributed by atoms with Crippen LogP contribution in [0.5, 0.6) is 0 Å². The highest BCUT2D eigenvalue weighted by Gasteiger charge is 2.12. The molecule has 0 atom stereocenters. The van der Waals surface area contributed by atoms with E-state index >= 15 is 0 Å². The number of rotatable bonds is 3. The zero-order valence-corrected chi connectivity index (χ0v) is 9.99. The van der Waals surface area contributed by atoms with Crippen LogP contribution in [0, 0.1) is 0 Å². The summed E-state index contributed by atoms with van der Waals surface area (Å²) in [7, 11) is 0. The first kappa shape index (κ1) is 10.8. The summed E-state index contributed by atoms with van der Waals surface area (Å²) in [6.45, 7) is 7.38. The van der Waals surface area contributed by atoms with Crippen molar-refractivity contribution in [3.63, 3.8) is 0 Å². The van der Waals surface area contributed by atoms with E-state index in [1.54, 1.807) is 0 Å². The molecule has 0 spiro atoms. The number of nitrogens with one attached hydrogen (secondary N) is 1. The summed E-state index contributed by atoms with van der Waals surface area (Å²) in [6, 6.07) is 6.17. The molecule has 86 valence electrons. The van der Waals surface area contributed by atoms with Crippen LogP contribution in [0.4, 0.5) is 11.6 Å². The van der Waals surface area contributed by atoms with E-state index in [1.165, 1.54) is 0 Å². The van der Waals surface area contributed by atoms with Gasteiger partial charge in [0.2, 0.25) is 5.95 Å². The van der Waals surface area contributed by atoms with Gasteiger partial charge in [0.05, 0.1) is 11.0 Å². The Labute approximate surface area is 95.5 Å². The number of nitrogens with zero attached hydrogens (tertiary/aromatic N) is 2. The molecular weight excluding hydrogens is 200 g/mol. The first-order valence-electron chi connectivity index (χ1n) is 5.63. The minimum absolute atomic E-state index is 0.433. The van der Waals surface area contributed by atoms with Gasteiger partial charge in [-0.25, -0.2) is 4.98 Å². The highest BCUT2D eigenvalue weighted by molar-refractivity contribution is 5.80. The Morgan fingerprint density at radius 2 is 2.19 bits per heavy atom. The molecular formula is C12H18N4. The van der Waals surface area contributed by atoms with E-state index in [2.05, 4.69) is 35.6 Å². The third-order valence-electron chi connectivity index (χ3n) is 2.73. The van der Waals surface area contributed by atoms with E-state index in [4.69, 9.17) is 5.73 Å². The van der Waals surface area contributed by atoms with E-state index in [0.717, 1.165) is 29.2 Å². The largest absolute Gasteiger partial charge is 0.399 e. The van der Waals surface area contributed by atoms with Gasteiger partial charge in [-0.3, -0.25) is 0 Å². The lowest BCUT2D eigenvalue weighted by molar-refractivity contribution is 0.687. The molecule has 0 fully saturated rings. The summed E-state index contributed by atoms with van der Waals surface area (Å²) in [6.07, 6.45) is 0. The molecule has 4 nitrogen and oxygen atoms in total. The van der Waals surface area contributed by atoms with Crippen LogP contribution in [-0.2, 0) is 0 Å². The molecule has 0 radical (unpaired) electrons. The van der Waals surface area contributed by atoms with Crippen LogP contribution in [0.25, 0.3) is 11.0 Å². The van der Waals surface area contributed by atoms with Crippen molar-refractivity contribution in [2.24, 2.45) is 0 Å². The Morgan fingerprint density at radius 3 is 2.81 bits per heavy atom. The van der Waals surface area contributed by atoms with Crippen molar-refractivity contribution >= 4 is 22.7 Å². The third-order valence-corrected chi connectivity index (χ3v) is 2.73. The summed E-state index contributed by atoms with van der Waals surface area (Å²) < 4.78 is 0. The standard InChI is InChI=1S/C12H18N4/c1-4-16(8(2)3)12-14-10-6-5-9(13)7-11(10)15-12/h5-8H,4,13H2,1-3H3,(H,14,15). The average Bonchev–Trinajstić information content (AvgIpc) is 2.60. The number of aromatic amines is 1. The molecule has 1 heterocycles. The fourth-order valence-electron chi connectivity index (χ4n) is 1.91. The molecule has 0 saturated heterocycles. The quantitative estimate of drug-likeness (QED) is 0.778. The predicted octanol–water partition coefficient (Wildman–Crippen LogP) is 2.38. The molecule has 16 heavy (non-hydrogen) atoms. The lowest BCUT2D eigenvalue weighted by Gasteiger charge is -2.24. The van der Waals surface area contributed by atoms with Crippen molar-refractivity contribution in [3.05, 3.63) is 18.2 Å². The molecule has 0 aliphatic rings. The van der Waals surface area contributed by atoms with Crippen LogP contribution in [-0.4, -0.2) is 22.6 Å². The molecule has 4 heteroatoms. The summed E-state index contributed by atoms with van der Waals surface area (Å²) in [5.74, 6) is 0.915. The SMILES string of the molecule is CCN(c1nc2ccc(N)cc2[nH]1)C(C)C. The van der Waals surface area contributed by atoms with Gasteiger partial charge in [0.15, 0.2) is 0 Å². The Kier molecular flexibility index (Phi) is 2.73. The van der Waals surface area contributed by atoms with Crippen molar-refractivity contribution in [3.8, 4) is 0 Å². The zero-order chi connectivity index (χ0) is 11.7. The number of anilines is 2. The number of nitrogen functional groups attached to an aromatic ring is 1. The van der Waals surface area contributed by atoms with Crippen LogP contribution >= 0.6 is 0 Å². The normalized spacial score (nSPS) is 11.2. The number of hydrogen-bond acceptors (Lipinski definition) is 3. The molecule has 3 N–H and O–H groups in total. The maximum Gasteiger partial charge on any atom is 0.204 e. The van der Waals surface area contributed by atoms with Gasteiger partial charge >= 0.3 is 0 Å². The monoisotopic (exact) mass is 218 g/mol. The summed E-state index contributed by atoms with van der Waals surface area (Å²) in [4.78, 5) is 10.1. The first-order chi connectivity index (χ1) is 7.61. The van der Waals surface area contributed by atoms with Gasteiger partial charge in [-0.05, 0) is 39.0 Å². The van der Waals surface area contributed by atoms with Gasteiger partial charge in [-0.2, -0.15) is 0 Å². The Morgan fingerprint density at radius 1 is 1.44 bits per heavy atom. The number of hydrogen-bond donors (Lipinski definition) is 2. The molecule has 2 aromatic rings. The summed E-state index contributed by atoms with van der Waals surface area (Å²) in [5.41, 5.74) is 8.46. The molecule has 0 saturated carbocycles. The number of nitrogens with two attached hydrogens (primary N) is 1. The fraction of sp³-hybridized carbons (Fsp3) is 0.417. The Balaban J connectivity index is 2.45. The molecule has 0 amide bonds. The summed E-state index contributed by atoms with van der Waals surface area (Å²) in [5, 5.41) is 0. The molecule has 0 aliphatic carbocycles. The van der Waals surface area contributed by atoms with Crippen LogP contribution < -0.4 is 10.6 Å². The molecule has 0 bridgehead atoms. The number of fused-ring (bicyclic) bond motifs is 1. The molecule has 1 aromatic heterocycles. The van der Waals surface area contributed by atoms with E-state index in [-0.39, 0.29) is 0 Å². The van der Waals surface area contributed by atoms with E-state index in [1.807, 2.05) is 18.2 Å². The molecule has 0 unspecified atom stereocenters. The van der Waals surface area contributed by atoms with Gasteiger partial charge in [0, 0.05) is 18.3 Å². The van der Waals surface area contributed by atoms with Crippen molar-refractivity contribution in [1.29, 1.82) is 0 Å². The number of imidazole rings is 1. The van der Waals surface area contributed by atoms with Crippen molar-refractivity contribution in [2.45, 2.75) is 26.8 Å².